The fourth-order valence-corrected chi connectivity index (χ4v) is 3.32. The summed E-state index contributed by atoms with van der Waals surface area (Å²) in [7, 11) is 1.67. The molecule has 0 aliphatic heterocycles. The van der Waals surface area contributed by atoms with Crippen molar-refractivity contribution in [2.75, 3.05) is 20.2 Å². The van der Waals surface area contributed by atoms with E-state index in [1.54, 1.807) is 7.05 Å². The third-order valence-electron chi connectivity index (χ3n) is 5.27. The molecule has 0 radical (unpaired) electrons. The van der Waals surface area contributed by atoms with Crippen molar-refractivity contribution in [2.45, 2.75) is 19.4 Å². The summed E-state index contributed by atoms with van der Waals surface area (Å²) in [5.41, 5.74) is 1.88. The number of fused-ring (bicyclic) bond motifs is 1. The maximum absolute atomic E-state index is 12.3. The van der Waals surface area contributed by atoms with Crippen molar-refractivity contribution in [2.24, 2.45) is 0 Å². The molecule has 0 fully saturated rings. The lowest BCUT2D eigenvalue weighted by Gasteiger charge is -2.25. The first-order chi connectivity index (χ1) is 15.0. The van der Waals surface area contributed by atoms with Crippen LogP contribution < -0.4 is 5.32 Å². The van der Waals surface area contributed by atoms with Crippen LogP contribution >= 0.6 is 0 Å². The number of carbonyl (C=O) groups excluding carboxylic acids is 3. The molecule has 6 heteroatoms. The van der Waals surface area contributed by atoms with Gasteiger partial charge in [0, 0.05) is 7.05 Å². The van der Waals surface area contributed by atoms with Gasteiger partial charge in [0.15, 0.2) is 6.61 Å². The van der Waals surface area contributed by atoms with Crippen LogP contribution in [-0.2, 0) is 25.5 Å². The molecular weight excluding hydrogens is 392 g/mol. The van der Waals surface area contributed by atoms with Gasteiger partial charge < -0.3 is 15.0 Å². The van der Waals surface area contributed by atoms with E-state index in [4.69, 9.17) is 4.74 Å². The molecule has 0 aliphatic carbocycles. The number of hydrogen-bond donors (Lipinski definition) is 1. The summed E-state index contributed by atoms with van der Waals surface area (Å²) in [5.74, 6) is -1.25. The monoisotopic (exact) mass is 418 g/mol. The number of nitrogens with one attached hydrogen (secondary N) is 1. The van der Waals surface area contributed by atoms with Crippen LogP contribution in [0.1, 0.15) is 24.1 Å². The van der Waals surface area contributed by atoms with Gasteiger partial charge in [-0.15, -0.1) is 0 Å². The molecule has 160 valence electrons. The van der Waals surface area contributed by atoms with E-state index in [0.29, 0.717) is 0 Å². The van der Waals surface area contributed by atoms with Gasteiger partial charge >= 0.3 is 5.97 Å². The molecule has 31 heavy (non-hydrogen) atoms. The van der Waals surface area contributed by atoms with Gasteiger partial charge in [0.05, 0.1) is 12.5 Å². The van der Waals surface area contributed by atoms with Crippen LogP contribution in [0.15, 0.2) is 72.8 Å². The highest BCUT2D eigenvalue weighted by Crippen LogP contribution is 2.19. The Balaban J connectivity index is 1.44. The summed E-state index contributed by atoms with van der Waals surface area (Å²) in [6.45, 7) is 1.25. The Kier molecular flexibility index (Phi) is 7.38. The first-order valence-electron chi connectivity index (χ1n) is 10.2. The average Bonchev–Trinajstić information content (AvgIpc) is 2.81. The zero-order valence-electron chi connectivity index (χ0n) is 17.7. The third-order valence-corrected chi connectivity index (χ3v) is 5.27. The molecule has 0 unspecified atom stereocenters. The highest BCUT2D eigenvalue weighted by atomic mass is 16.5. The van der Waals surface area contributed by atoms with Crippen LogP contribution in [0.4, 0.5) is 0 Å². The smallest absolute Gasteiger partial charge is 0.325 e. The second kappa shape index (κ2) is 10.4. The molecule has 0 spiro atoms. The van der Waals surface area contributed by atoms with E-state index in [2.05, 4.69) is 5.32 Å². The van der Waals surface area contributed by atoms with E-state index in [1.165, 1.54) is 4.90 Å². The van der Waals surface area contributed by atoms with E-state index in [-0.39, 0.29) is 37.4 Å². The van der Waals surface area contributed by atoms with E-state index in [1.807, 2.05) is 79.7 Å². The van der Waals surface area contributed by atoms with Gasteiger partial charge in [0.2, 0.25) is 5.91 Å². The molecule has 1 atom stereocenters. The lowest BCUT2D eigenvalue weighted by Crippen LogP contribution is -2.36. The zero-order chi connectivity index (χ0) is 22.2. The average molecular weight is 418 g/mol. The normalized spacial score (nSPS) is 11.5. The Morgan fingerprint density at radius 3 is 2.39 bits per heavy atom. The van der Waals surface area contributed by atoms with Crippen LogP contribution in [0.25, 0.3) is 10.8 Å². The summed E-state index contributed by atoms with van der Waals surface area (Å²) in [5, 5.41) is 4.62. The van der Waals surface area contributed by atoms with Gasteiger partial charge in [-0.1, -0.05) is 72.8 Å². The van der Waals surface area contributed by atoms with Crippen molar-refractivity contribution < 1.29 is 19.1 Å². The Morgan fingerprint density at radius 1 is 0.935 bits per heavy atom. The van der Waals surface area contributed by atoms with Crippen LogP contribution in [0, 0.1) is 0 Å². The lowest BCUT2D eigenvalue weighted by molar-refractivity contribution is -0.152. The summed E-state index contributed by atoms with van der Waals surface area (Å²) < 4.78 is 5.04. The quantitative estimate of drug-likeness (QED) is 0.570. The van der Waals surface area contributed by atoms with Crippen LogP contribution in [0.3, 0.4) is 0 Å². The van der Waals surface area contributed by atoms with Crippen LogP contribution in [0.2, 0.25) is 0 Å². The number of esters is 1. The molecular formula is C25H26N2O4. The van der Waals surface area contributed by atoms with Gasteiger partial charge in [-0.25, -0.2) is 0 Å². The van der Waals surface area contributed by atoms with Crippen molar-refractivity contribution in [3.8, 4) is 0 Å². The Morgan fingerprint density at radius 2 is 1.61 bits per heavy atom. The van der Waals surface area contributed by atoms with Gasteiger partial charge in [-0.2, -0.15) is 0 Å². The van der Waals surface area contributed by atoms with Gasteiger partial charge in [-0.3, -0.25) is 14.4 Å². The molecule has 0 heterocycles. The Labute approximate surface area is 181 Å². The van der Waals surface area contributed by atoms with Crippen LogP contribution in [-0.4, -0.2) is 42.9 Å². The number of rotatable bonds is 8. The number of ether oxygens (including phenoxy) is 1. The summed E-state index contributed by atoms with van der Waals surface area (Å²) >= 11 is 0. The first-order valence-corrected chi connectivity index (χ1v) is 10.2. The minimum absolute atomic E-state index is 0.146. The molecule has 0 saturated heterocycles. The largest absolute Gasteiger partial charge is 0.454 e. The number of nitrogens with zero attached hydrogens (tertiary/aromatic N) is 1. The van der Waals surface area contributed by atoms with Gasteiger partial charge in [0.1, 0.15) is 6.54 Å². The topological polar surface area (TPSA) is 75.7 Å². The highest BCUT2D eigenvalue weighted by molar-refractivity contribution is 5.91. The summed E-state index contributed by atoms with van der Waals surface area (Å²) in [4.78, 5) is 38.1. The fourth-order valence-electron chi connectivity index (χ4n) is 3.32. The molecule has 0 bridgehead atoms. The molecule has 3 aromatic carbocycles. The maximum Gasteiger partial charge on any atom is 0.325 e. The van der Waals surface area contributed by atoms with E-state index >= 15 is 0 Å². The second-order valence-corrected chi connectivity index (χ2v) is 7.34. The Bertz CT molecular complexity index is 1060. The van der Waals surface area contributed by atoms with Crippen molar-refractivity contribution >= 4 is 28.6 Å². The number of likely N-dealkylation sites (N-methyl/N-ethyl adjacent to an activating group) is 1. The van der Waals surface area contributed by atoms with E-state index < -0.39 is 5.97 Å². The van der Waals surface area contributed by atoms with Crippen molar-refractivity contribution in [1.82, 2.24) is 10.2 Å². The predicted octanol–water partition coefficient (Wildman–Crippen LogP) is 3.26. The summed E-state index contributed by atoms with van der Waals surface area (Å²) in [6.07, 6.45) is 0.158. The molecule has 0 saturated carbocycles. The zero-order valence-corrected chi connectivity index (χ0v) is 17.7. The first kappa shape index (κ1) is 22.0. The predicted molar refractivity (Wildman–Crippen MR) is 119 cm³/mol. The number of benzene rings is 3. The van der Waals surface area contributed by atoms with Crippen molar-refractivity contribution in [3.05, 3.63) is 83.9 Å². The van der Waals surface area contributed by atoms with E-state index in [9.17, 15) is 14.4 Å². The summed E-state index contributed by atoms with van der Waals surface area (Å²) in [6, 6.07) is 23.1. The maximum atomic E-state index is 12.3. The lowest BCUT2D eigenvalue weighted by atomic mass is 10.0. The molecule has 3 rings (SSSR count). The molecule has 0 aliphatic rings. The second-order valence-electron chi connectivity index (χ2n) is 7.34. The molecule has 6 nitrogen and oxygen atoms in total. The molecule has 2 amide bonds. The fraction of sp³-hybridized carbons (Fsp3) is 0.240. The number of amides is 2. The van der Waals surface area contributed by atoms with Gasteiger partial charge in [0.25, 0.3) is 5.91 Å². The molecule has 3 aromatic rings. The number of hydrogen-bond acceptors (Lipinski definition) is 4. The minimum atomic E-state index is -0.652. The van der Waals surface area contributed by atoms with Gasteiger partial charge in [-0.05, 0) is 28.8 Å². The third kappa shape index (κ3) is 5.92. The van der Waals surface area contributed by atoms with Crippen molar-refractivity contribution in [1.29, 1.82) is 0 Å². The number of carbonyl (C=O) groups is 3. The Hall–Kier alpha value is -3.67. The molecule has 0 aromatic heterocycles. The molecule has 1 N–H and O–H groups in total. The standard InChI is InChI=1S/C25H26N2O4/c1-18(19-9-4-3-5-10-19)27(2)24(29)17-31-25(30)16-26-23(28)15-21-13-8-12-20-11-6-7-14-22(20)21/h3-14,18H,15-17H2,1-2H3,(H,26,28)/t18-/m0/s1. The highest BCUT2D eigenvalue weighted by Gasteiger charge is 2.19. The minimum Gasteiger partial charge on any atom is -0.454 e. The SMILES string of the molecule is C[C@@H](c1ccccc1)N(C)C(=O)COC(=O)CNC(=O)Cc1cccc2ccccc12. The van der Waals surface area contributed by atoms with Crippen molar-refractivity contribution in [3.63, 3.8) is 0 Å². The van der Waals surface area contributed by atoms with E-state index in [0.717, 1.165) is 21.9 Å². The van der Waals surface area contributed by atoms with Crippen LogP contribution in [0.5, 0.6) is 0 Å².